The number of nitriles is 1. The third kappa shape index (κ3) is 3.23. The van der Waals surface area contributed by atoms with E-state index in [4.69, 9.17) is 4.98 Å². The van der Waals surface area contributed by atoms with Crippen molar-refractivity contribution in [3.8, 4) is 28.6 Å². The van der Waals surface area contributed by atoms with E-state index in [2.05, 4.69) is 123 Å². The minimum absolute atomic E-state index is 0.588. The average Bonchev–Trinajstić information content (AvgIpc) is 3.71. The van der Waals surface area contributed by atoms with Crippen molar-refractivity contribution in [2.45, 2.75) is 0 Å². The Morgan fingerprint density at radius 3 is 1.81 bits per heavy atom. The highest BCUT2D eigenvalue weighted by atomic mass is 15.2. The molecule has 0 aliphatic carbocycles. The van der Waals surface area contributed by atoms with Gasteiger partial charge in [-0.15, -0.1) is 0 Å². The Hall–Kier alpha value is -6.12. The minimum atomic E-state index is 0.588. The number of nitrogens with zero attached hydrogens (tertiary/aromatic N) is 5. The summed E-state index contributed by atoms with van der Waals surface area (Å²) in [5, 5.41) is 12.9. The van der Waals surface area contributed by atoms with Crippen LogP contribution in [-0.4, -0.2) is 18.5 Å². The Morgan fingerprint density at radius 2 is 1.07 bits per heavy atom. The van der Waals surface area contributed by atoms with Crippen molar-refractivity contribution in [1.29, 1.82) is 5.26 Å². The van der Waals surface area contributed by atoms with Gasteiger partial charge in [-0.05, 0) is 48.5 Å². The summed E-state index contributed by atoms with van der Waals surface area (Å²) in [4.78, 5) is 5.10. The summed E-state index contributed by atoms with van der Waals surface area (Å²) in [5.41, 5.74) is 10.7. The van der Waals surface area contributed by atoms with Gasteiger partial charge in [0.05, 0.1) is 50.0 Å². The van der Waals surface area contributed by atoms with Gasteiger partial charge in [0.25, 0.3) is 0 Å². The molecular weight excluding hydrogens is 526 g/mol. The molecule has 0 atom stereocenters. The van der Waals surface area contributed by atoms with E-state index < -0.39 is 0 Å². The Labute approximate surface area is 246 Å². The van der Waals surface area contributed by atoms with Crippen LogP contribution in [0.3, 0.4) is 0 Å². The predicted octanol–water partition coefficient (Wildman–Crippen LogP) is 9.07. The molecule has 5 heteroatoms. The molecule has 0 N–H and O–H groups in total. The maximum Gasteiger partial charge on any atom is 0.220 e. The fraction of sp³-hybridized carbons (Fsp3) is 0. The van der Waals surface area contributed by atoms with Crippen LogP contribution in [0.4, 0.5) is 0 Å². The molecule has 3 heterocycles. The zero-order chi connectivity index (χ0) is 28.5. The van der Waals surface area contributed by atoms with Crippen LogP contribution in [0, 0.1) is 11.3 Å². The molecule has 6 aromatic carbocycles. The molecule has 3 aromatic heterocycles. The van der Waals surface area contributed by atoms with Crippen molar-refractivity contribution in [1.82, 2.24) is 18.5 Å². The van der Waals surface area contributed by atoms with Gasteiger partial charge in [-0.3, -0.25) is 8.97 Å². The van der Waals surface area contributed by atoms with Crippen LogP contribution in [0.2, 0.25) is 0 Å². The number of rotatable bonds is 3. The van der Waals surface area contributed by atoms with Gasteiger partial charge < -0.3 is 4.57 Å². The number of hydrogen-bond donors (Lipinski definition) is 0. The zero-order valence-electron chi connectivity index (χ0n) is 23.0. The Kier molecular flexibility index (Phi) is 4.90. The summed E-state index contributed by atoms with van der Waals surface area (Å²) in [6.07, 6.45) is 0. The molecule has 200 valence electrons. The van der Waals surface area contributed by atoms with E-state index in [9.17, 15) is 5.26 Å². The van der Waals surface area contributed by atoms with E-state index in [0.29, 0.717) is 5.56 Å². The van der Waals surface area contributed by atoms with E-state index in [-0.39, 0.29) is 0 Å². The van der Waals surface area contributed by atoms with E-state index >= 15 is 0 Å². The molecule has 43 heavy (non-hydrogen) atoms. The van der Waals surface area contributed by atoms with Gasteiger partial charge in [-0.25, -0.2) is 4.98 Å². The summed E-state index contributed by atoms with van der Waals surface area (Å²) in [6, 6.07) is 50.6. The number of imidazole rings is 2. The highest BCUT2D eigenvalue weighted by Gasteiger charge is 2.23. The molecular formula is C38H23N5. The van der Waals surface area contributed by atoms with Gasteiger partial charge in [0.1, 0.15) is 6.07 Å². The molecule has 9 rings (SSSR count). The summed E-state index contributed by atoms with van der Waals surface area (Å²) in [5.74, 6) is 0.778. The van der Waals surface area contributed by atoms with Gasteiger partial charge in [0.2, 0.25) is 5.78 Å². The van der Waals surface area contributed by atoms with Crippen molar-refractivity contribution >= 4 is 49.7 Å². The molecule has 5 nitrogen and oxygen atoms in total. The number of benzene rings is 6. The molecule has 0 radical (unpaired) electrons. The van der Waals surface area contributed by atoms with Crippen LogP contribution in [0.25, 0.3) is 72.2 Å². The standard InChI is InChI=1S/C38H23N5/c39-24-25-12-11-16-29(37(25)43-36-23-10-9-22-35(36)42-34-21-8-4-17-30(34)40-38(42)43)28-15-3-7-20-33(28)41-31-18-5-1-13-26(31)27-14-2-6-19-32(27)41/h1-23H. The van der Waals surface area contributed by atoms with Crippen molar-refractivity contribution in [2.75, 3.05) is 0 Å². The first-order valence-corrected chi connectivity index (χ1v) is 14.3. The Bertz CT molecular complexity index is 2530. The van der Waals surface area contributed by atoms with Gasteiger partial charge in [-0.2, -0.15) is 5.26 Å². The second-order valence-corrected chi connectivity index (χ2v) is 10.8. The molecule has 0 fully saturated rings. The SMILES string of the molecule is N#Cc1cccc(-c2ccccc2-n2c3ccccc3c3ccccc32)c1-n1c2ccccc2n2c3ccccc3nc12. The first-order valence-electron chi connectivity index (χ1n) is 14.3. The third-order valence-corrected chi connectivity index (χ3v) is 8.50. The lowest BCUT2D eigenvalue weighted by atomic mass is 9.98. The molecule has 0 bridgehead atoms. The summed E-state index contributed by atoms with van der Waals surface area (Å²) in [6.45, 7) is 0. The lowest BCUT2D eigenvalue weighted by Gasteiger charge is -2.18. The first-order chi connectivity index (χ1) is 21.3. The molecule has 0 saturated heterocycles. The highest BCUT2D eigenvalue weighted by Crippen LogP contribution is 2.40. The van der Waals surface area contributed by atoms with Crippen LogP contribution in [0.1, 0.15) is 5.56 Å². The van der Waals surface area contributed by atoms with Crippen molar-refractivity contribution in [3.05, 3.63) is 145 Å². The minimum Gasteiger partial charge on any atom is -0.309 e. The largest absolute Gasteiger partial charge is 0.309 e. The van der Waals surface area contributed by atoms with Crippen LogP contribution >= 0.6 is 0 Å². The second kappa shape index (κ2) is 8.94. The van der Waals surface area contributed by atoms with Crippen LogP contribution in [-0.2, 0) is 0 Å². The maximum atomic E-state index is 10.5. The number of fused-ring (bicyclic) bond motifs is 8. The first kappa shape index (κ1) is 23.6. The van der Waals surface area contributed by atoms with E-state index in [1.54, 1.807) is 0 Å². The predicted molar refractivity (Wildman–Crippen MR) is 174 cm³/mol. The van der Waals surface area contributed by atoms with Gasteiger partial charge in [-0.1, -0.05) is 91.0 Å². The molecule has 0 amide bonds. The second-order valence-electron chi connectivity index (χ2n) is 10.8. The summed E-state index contributed by atoms with van der Waals surface area (Å²) < 4.78 is 6.70. The van der Waals surface area contributed by atoms with Crippen molar-refractivity contribution in [3.63, 3.8) is 0 Å². The fourth-order valence-corrected chi connectivity index (χ4v) is 6.74. The number of para-hydroxylation sites is 8. The quantitative estimate of drug-likeness (QED) is 0.221. The van der Waals surface area contributed by atoms with Crippen LogP contribution in [0.15, 0.2) is 140 Å². The van der Waals surface area contributed by atoms with Gasteiger partial charge in [0, 0.05) is 21.9 Å². The fourth-order valence-electron chi connectivity index (χ4n) is 6.74. The van der Waals surface area contributed by atoms with E-state index in [0.717, 1.165) is 61.4 Å². The summed E-state index contributed by atoms with van der Waals surface area (Å²) in [7, 11) is 0. The highest BCUT2D eigenvalue weighted by molar-refractivity contribution is 6.10. The zero-order valence-corrected chi connectivity index (χ0v) is 23.0. The lowest BCUT2D eigenvalue weighted by Crippen LogP contribution is -2.04. The molecule has 0 unspecified atom stereocenters. The molecule has 0 saturated carbocycles. The van der Waals surface area contributed by atoms with Crippen molar-refractivity contribution < 1.29 is 0 Å². The topological polar surface area (TPSA) is 51.0 Å². The smallest absolute Gasteiger partial charge is 0.220 e. The van der Waals surface area contributed by atoms with Crippen LogP contribution < -0.4 is 0 Å². The molecule has 0 spiro atoms. The Balaban J connectivity index is 1.42. The monoisotopic (exact) mass is 549 g/mol. The number of aromatic nitrogens is 4. The van der Waals surface area contributed by atoms with Crippen LogP contribution in [0.5, 0.6) is 0 Å². The number of hydrogen-bond acceptors (Lipinski definition) is 2. The van der Waals surface area contributed by atoms with E-state index in [1.807, 2.05) is 36.4 Å². The average molecular weight is 550 g/mol. The van der Waals surface area contributed by atoms with E-state index in [1.165, 1.54) is 10.8 Å². The Morgan fingerprint density at radius 1 is 0.488 bits per heavy atom. The maximum absolute atomic E-state index is 10.5. The summed E-state index contributed by atoms with van der Waals surface area (Å²) >= 11 is 0. The van der Waals surface area contributed by atoms with Gasteiger partial charge >= 0.3 is 0 Å². The normalized spacial score (nSPS) is 11.7. The molecule has 0 aliphatic rings. The lowest BCUT2D eigenvalue weighted by molar-refractivity contribution is 1.10. The molecule has 0 aliphatic heterocycles. The van der Waals surface area contributed by atoms with Crippen molar-refractivity contribution in [2.24, 2.45) is 0 Å². The third-order valence-electron chi connectivity index (χ3n) is 8.50. The molecule has 9 aromatic rings. The van der Waals surface area contributed by atoms with Gasteiger partial charge in [0.15, 0.2) is 0 Å².